The zero-order valence-corrected chi connectivity index (χ0v) is 10.5. The summed E-state index contributed by atoms with van der Waals surface area (Å²) in [6, 6.07) is 0. The van der Waals surface area contributed by atoms with Crippen LogP contribution in [0.2, 0.25) is 0 Å². The van der Waals surface area contributed by atoms with Crippen molar-refractivity contribution in [2.45, 2.75) is 46.0 Å². The van der Waals surface area contributed by atoms with E-state index in [1.54, 1.807) is 0 Å². The molecule has 1 aliphatic heterocycles. The molecule has 1 saturated heterocycles. The molecule has 1 atom stereocenters. The molecule has 2 N–H and O–H groups in total. The maximum atomic E-state index is 5.82. The van der Waals surface area contributed by atoms with E-state index in [1.807, 2.05) is 0 Å². The Kier molecular flexibility index (Phi) is 6.26. The molecule has 1 aliphatic rings. The van der Waals surface area contributed by atoms with E-state index in [2.05, 4.69) is 18.7 Å². The molecule has 0 bridgehead atoms. The van der Waals surface area contributed by atoms with Crippen molar-refractivity contribution in [3.63, 3.8) is 0 Å². The summed E-state index contributed by atoms with van der Waals surface area (Å²) in [7, 11) is 0. The Hall–Kier alpha value is -0.0800. The van der Waals surface area contributed by atoms with Gasteiger partial charge in [0.2, 0.25) is 0 Å². The summed E-state index contributed by atoms with van der Waals surface area (Å²) in [4.78, 5) is 2.62. The molecular weight excluding hydrogens is 184 g/mol. The zero-order valence-electron chi connectivity index (χ0n) is 10.5. The highest BCUT2D eigenvalue weighted by molar-refractivity contribution is 4.69. The lowest BCUT2D eigenvalue weighted by atomic mass is 9.94. The van der Waals surface area contributed by atoms with Crippen LogP contribution in [0.4, 0.5) is 0 Å². The molecule has 0 radical (unpaired) electrons. The molecule has 0 spiro atoms. The van der Waals surface area contributed by atoms with Crippen LogP contribution in [0.15, 0.2) is 0 Å². The number of hydrogen-bond acceptors (Lipinski definition) is 2. The minimum atomic E-state index is 0.743. The second kappa shape index (κ2) is 7.24. The van der Waals surface area contributed by atoms with Crippen molar-refractivity contribution in [1.29, 1.82) is 0 Å². The van der Waals surface area contributed by atoms with Gasteiger partial charge in [-0.3, -0.25) is 0 Å². The smallest absolute Gasteiger partial charge is 0.00156 e. The van der Waals surface area contributed by atoms with E-state index in [0.717, 1.165) is 18.4 Å². The molecule has 2 nitrogen and oxygen atoms in total. The highest BCUT2D eigenvalue weighted by Crippen LogP contribution is 2.16. The Bertz CT molecular complexity index is 151. The molecule has 1 rings (SSSR count). The van der Waals surface area contributed by atoms with Crippen molar-refractivity contribution >= 4 is 0 Å². The molecule has 15 heavy (non-hydrogen) atoms. The first-order chi connectivity index (χ1) is 7.22. The van der Waals surface area contributed by atoms with E-state index in [9.17, 15) is 0 Å². The van der Waals surface area contributed by atoms with Crippen molar-refractivity contribution < 1.29 is 0 Å². The molecule has 1 heterocycles. The van der Waals surface area contributed by atoms with Gasteiger partial charge in [-0.1, -0.05) is 20.3 Å². The van der Waals surface area contributed by atoms with Crippen LogP contribution < -0.4 is 5.73 Å². The van der Waals surface area contributed by atoms with Crippen molar-refractivity contribution in [3.8, 4) is 0 Å². The van der Waals surface area contributed by atoms with Crippen LogP contribution in [-0.2, 0) is 0 Å². The number of piperidine rings is 1. The summed E-state index contributed by atoms with van der Waals surface area (Å²) in [5, 5.41) is 0. The Morgan fingerprint density at radius 1 is 1.13 bits per heavy atom. The molecule has 0 aliphatic carbocycles. The van der Waals surface area contributed by atoms with Crippen molar-refractivity contribution in [1.82, 2.24) is 4.90 Å². The van der Waals surface area contributed by atoms with Gasteiger partial charge in [0.25, 0.3) is 0 Å². The minimum Gasteiger partial charge on any atom is -0.330 e. The van der Waals surface area contributed by atoms with Crippen LogP contribution in [0.1, 0.15) is 46.0 Å². The lowest BCUT2D eigenvalue weighted by Crippen LogP contribution is -2.32. The monoisotopic (exact) mass is 212 g/mol. The fourth-order valence-electron chi connectivity index (χ4n) is 2.55. The predicted molar refractivity (Wildman–Crippen MR) is 66.9 cm³/mol. The number of hydrogen-bond donors (Lipinski definition) is 1. The van der Waals surface area contributed by atoms with Crippen molar-refractivity contribution in [2.75, 3.05) is 26.2 Å². The van der Waals surface area contributed by atoms with Gasteiger partial charge in [-0.2, -0.15) is 0 Å². The van der Waals surface area contributed by atoms with Gasteiger partial charge in [0.05, 0.1) is 0 Å². The number of rotatable bonds is 6. The van der Waals surface area contributed by atoms with E-state index < -0.39 is 0 Å². The maximum Gasteiger partial charge on any atom is -0.00156 e. The predicted octanol–water partition coefficient (Wildman–Crippen LogP) is 2.48. The molecule has 0 aromatic heterocycles. The first-order valence-corrected chi connectivity index (χ1v) is 6.64. The van der Waals surface area contributed by atoms with Crippen LogP contribution in [0.5, 0.6) is 0 Å². The van der Waals surface area contributed by atoms with Gasteiger partial charge in [0.15, 0.2) is 0 Å². The first-order valence-electron chi connectivity index (χ1n) is 6.64. The van der Waals surface area contributed by atoms with Crippen molar-refractivity contribution in [2.24, 2.45) is 17.6 Å². The summed E-state index contributed by atoms with van der Waals surface area (Å²) in [5.41, 5.74) is 5.82. The molecule has 1 unspecified atom stereocenters. The minimum absolute atomic E-state index is 0.743. The van der Waals surface area contributed by atoms with Crippen LogP contribution in [0, 0.1) is 11.8 Å². The summed E-state index contributed by atoms with van der Waals surface area (Å²) in [5.74, 6) is 1.53. The second-order valence-corrected chi connectivity index (χ2v) is 5.42. The molecule has 90 valence electrons. The quantitative estimate of drug-likeness (QED) is 0.733. The van der Waals surface area contributed by atoms with Gasteiger partial charge in [-0.15, -0.1) is 0 Å². The van der Waals surface area contributed by atoms with E-state index in [-0.39, 0.29) is 0 Å². The highest BCUT2D eigenvalue weighted by atomic mass is 15.1. The van der Waals surface area contributed by atoms with Gasteiger partial charge in [-0.25, -0.2) is 0 Å². The number of likely N-dealkylation sites (tertiary alicyclic amines) is 1. The third-order valence-corrected chi connectivity index (χ3v) is 3.44. The average Bonchev–Trinajstić information content (AvgIpc) is 2.25. The molecule has 0 amide bonds. The SMILES string of the molecule is CC(C)CC(CN)CCN1CCCCC1. The Morgan fingerprint density at radius 3 is 2.33 bits per heavy atom. The standard InChI is InChI=1S/C13H28N2/c1-12(2)10-13(11-14)6-9-15-7-4-3-5-8-15/h12-13H,3-11,14H2,1-2H3. The largest absolute Gasteiger partial charge is 0.330 e. The third kappa shape index (κ3) is 5.53. The Morgan fingerprint density at radius 2 is 1.80 bits per heavy atom. The summed E-state index contributed by atoms with van der Waals surface area (Å²) < 4.78 is 0. The molecule has 0 aromatic rings. The van der Waals surface area contributed by atoms with E-state index in [0.29, 0.717) is 0 Å². The normalized spacial score (nSPS) is 20.8. The lowest BCUT2D eigenvalue weighted by molar-refractivity contribution is 0.208. The van der Waals surface area contributed by atoms with Gasteiger partial charge >= 0.3 is 0 Å². The van der Waals surface area contributed by atoms with Gasteiger partial charge in [0.1, 0.15) is 0 Å². The molecule has 0 aromatic carbocycles. The van der Waals surface area contributed by atoms with Crippen LogP contribution in [-0.4, -0.2) is 31.1 Å². The molecule has 2 heteroatoms. The van der Waals surface area contributed by atoms with Crippen LogP contribution >= 0.6 is 0 Å². The Labute approximate surface area is 95.2 Å². The Balaban J connectivity index is 2.14. The third-order valence-electron chi connectivity index (χ3n) is 3.44. The summed E-state index contributed by atoms with van der Waals surface area (Å²) in [6.45, 7) is 9.37. The lowest BCUT2D eigenvalue weighted by Gasteiger charge is -2.28. The highest BCUT2D eigenvalue weighted by Gasteiger charge is 2.13. The average molecular weight is 212 g/mol. The zero-order chi connectivity index (χ0) is 11.1. The van der Waals surface area contributed by atoms with Crippen molar-refractivity contribution in [3.05, 3.63) is 0 Å². The summed E-state index contributed by atoms with van der Waals surface area (Å²) in [6.07, 6.45) is 6.83. The number of nitrogens with zero attached hydrogens (tertiary/aromatic N) is 1. The number of nitrogens with two attached hydrogens (primary N) is 1. The van der Waals surface area contributed by atoms with Gasteiger partial charge in [0, 0.05) is 0 Å². The van der Waals surface area contributed by atoms with Crippen LogP contribution in [0.25, 0.3) is 0 Å². The topological polar surface area (TPSA) is 29.3 Å². The van der Waals surface area contributed by atoms with Crippen LogP contribution in [0.3, 0.4) is 0 Å². The van der Waals surface area contributed by atoms with Gasteiger partial charge < -0.3 is 10.6 Å². The molecular formula is C13H28N2. The fourth-order valence-corrected chi connectivity index (χ4v) is 2.55. The maximum absolute atomic E-state index is 5.82. The van der Waals surface area contributed by atoms with E-state index in [1.165, 1.54) is 51.7 Å². The second-order valence-electron chi connectivity index (χ2n) is 5.42. The van der Waals surface area contributed by atoms with E-state index >= 15 is 0 Å². The molecule has 1 fully saturated rings. The van der Waals surface area contributed by atoms with Gasteiger partial charge in [-0.05, 0) is 63.7 Å². The first kappa shape index (κ1) is 13.0. The fraction of sp³-hybridized carbons (Fsp3) is 1.00. The summed E-state index contributed by atoms with van der Waals surface area (Å²) >= 11 is 0. The molecule has 0 saturated carbocycles. The van der Waals surface area contributed by atoms with E-state index in [4.69, 9.17) is 5.73 Å².